The molecule has 1 aliphatic carbocycles. The number of rotatable bonds is 7. The van der Waals surface area contributed by atoms with E-state index in [0.29, 0.717) is 22.0 Å². The summed E-state index contributed by atoms with van der Waals surface area (Å²) in [7, 11) is 0. The maximum absolute atomic E-state index is 12.8. The van der Waals surface area contributed by atoms with Gasteiger partial charge in [0, 0.05) is 5.56 Å². The molecule has 1 fully saturated rings. The molecule has 5 nitrogen and oxygen atoms in total. The molecule has 0 aromatic heterocycles. The zero-order valence-electron chi connectivity index (χ0n) is 17.0. The Hall–Kier alpha value is -3.22. The molecular formula is C24H22N2O3S. The minimum atomic E-state index is -1.03. The lowest BCUT2D eigenvalue weighted by Gasteiger charge is -2.13. The summed E-state index contributed by atoms with van der Waals surface area (Å²) in [6, 6.07) is 20.5. The van der Waals surface area contributed by atoms with Crippen LogP contribution in [-0.2, 0) is 9.53 Å². The van der Waals surface area contributed by atoms with Crippen LogP contribution in [0.25, 0.3) is 0 Å². The van der Waals surface area contributed by atoms with Crippen molar-refractivity contribution in [1.29, 1.82) is 10.5 Å². The summed E-state index contributed by atoms with van der Waals surface area (Å²) >= 11 is 1.35. The van der Waals surface area contributed by atoms with Gasteiger partial charge in [0.15, 0.2) is 0 Å². The van der Waals surface area contributed by atoms with Crippen LogP contribution in [0.2, 0.25) is 0 Å². The third-order valence-corrected chi connectivity index (χ3v) is 5.98. The van der Waals surface area contributed by atoms with Gasteiger partial charge in [0.05, 0.1) is 10.8 Å². The van der Waals surface area contributed by atoms with Crippen LogP contribution >= 0.6 is 11.8 Å². The highest BCUT2D eigenvalue weighted by molar-refractivity contribution is 8.02. The van der Waals surface area contributed by atoms with Crippen LogP contribution in [0.1, 0.15) is 25.5 Å². The van der Waals surface area contributed by atoms with E-state index < -0.39 is 12.1 Å². The van der Waals surface area contributed by atoms with Crippen LogP contribution in [0.3, 0.4) is 0 Å². The van der Waals surface area contributed by atoms with Crippen molar-refractivity contribution >= 4 is 17.7 Å². The molecule has 0 amide bonds. The third kappa shape index (κ3) is 4.67. The molecule has 0 saturated heterocycles. The van der Waals surface area contributed by atoms with Gasteiger partial charge in [0.1, 0.15) is 23.6 Å². The first-order valence-corrected chi connectivity index (χ1v) is 10.7. The highest BCUT2D eigenvalue weighted by atomic mass is 32.2. The number of benzene rings is 2. The third-order valence-electron chi connectivity index (χ3n) is 5.32. The quantitative estimate of drug-likeness (QED) is 0.428. The second-order valence-electron chi connectivity index (χ2n) is 7.61. The smallest absolute Gasteiger partial charge is 0.311 e. The number of ether oxygens (including phenoxy) is 2. The number of hydrogen-bond acceptors (Lipinski definition) is 6. The Kier molecular flexibility index (Phi) is 6.50. The SMILES string of the molecule is CSC(C#N)=C[C@H]1[C@@H](C(=O)OC(C#N)c2cccc(Oc3ccccc3)c2)C1(C)C. The number of carbonyl (C=O) groups excluding carboxylic acids is 1. The Morgan fingerprint density at radius 3 is 2.47 bits per heavy atom. The number of para-hydroxylation sites is 1. The number of thioether (sulfide) groups is 1. The van der Waals surface area contributed by atoms with Crippen molar-refractivity contribution in [3.8, 4) is 23.6 Å². The first-order chi connectivity index (χ1) is 14.4. The van der Waals surface area contributed by atoms with E-state index in [1.807, 2.05) is 56.5 Å². The predicted octanol–water partition coefficient (Wildman–Crippen LogP) is 5.63. The average molecular weight is 419 g/mol. The predicted molar refractivity (Wildman–Crippen MR) is 115 cm³/mol. The largest absolute Gasteiger partial charge is 0.457 e. The number of nitriles is 2. The monoisotopic (exact) mass is 418 g/mol. The second-order valence-corrected chi connectivity index (χ2v) is 8.45. The van der Waals surface area contributed by atoms with Crippen LogP contribution in [0.5, 0.6) is 11.5 Å². The summed E-state index contributed by atoms with van der Waals surface area (Å²) in [6.07, 6.45) is 2.62. The lowest BCUT2D eigenvalue weighted by atomic mass is 10.1. The van der Waals surface area contributed by atoms with Crippen molar-refractivity contribution in [2.75, 3.05) is 6.26 Å². The Labute approximate surface area is 180 Å². The van der Waals surface area contributed by atoms with Gasteiger partial charge in [-0.2, -0.15) is 10.5 Å². The first-order valence-electron chi connectivity index (χ1n) is 9.49. The standard InChI is InChI=1S/C24H22N2O3S/c1-24(2)20(13-19(14-25)30-3)22(24)23(27)29-21(15-26)16-8-7-11-18(12-16)28-17-9-5-4-6-10-17/h4-13,20-22H,1-3H3/t20-,21?,22-/m0/s1. The maximum atomic E-state index is 12.8. The fourth-order valence-corrected chi connectivity index (χ4v) is 3.85. The van der Waals surface area contributed by atoms with Crippen LogP contribution in [0.4, 0.5) is 0 Å². The molecule has 2 aromatic carbocycles. The van der Waals surface area contributed by atoms with Crippen LogP contribution in [0, 0.1) is 39.9 Å². The van der Waals surface area contributed by atoms with Gasteiger partial charge in [-0.3, -0.25) is 4.79 Å². The van der Waals surface area contributed by atoms with Gasteiger partial charge < -0.3 is 9.47 Å². The maximum Gasteiger partial charge on any atom is 0.311 e. The van der Waals surface area contributed by atoms with Gasteiger partial charge in [-0.15, -0.1) is 11.8 Å². The topological polar surface area (TPSA) is 83.1 Å². The number of allylic oxidation sites excluding steroid dienone is 2. The molecule has 2 aromatic rings. The molecule has 3 atom stereocenters. The molecule has 30 heavy (non-hydrogen) atoms. The molecule has 0 heterocycles. The van der Waals surface area contributed by atoms with Crippen molar-refractivity contribution in [3.05, 3.63) is 71.1 Å². The molecule has 152 valence electrons. The summed E-state index contributed by atoms with van der Waals surface area (Å²) in [5, 5.41) is 18.8. The van der Waals surface area contributed by atoms with E-state index in [9.17, 15) is 10.1 Å². The second kappa shape index (κ2) is 9.07. The Morgan fingerprint density at radius 1 is 1.13 bits per heavy atom. The molecule has 0 bridgehead atoms. The van der Waals surface area contributed by atoms with Gasteiger partial charge in [-0.1, -0.05) is 50.3 Å². The first kappa shape index (κ1) is 21.5. The van der Waals surface area contributed by atoms with Crippen molar-refractivity contribution in [3.63, 3.8) is 0 Å². The zero-order chi connectivity index (χ0) is 21.7. The van der Waals surface area contributed by atoms with Gasteiger partial charge in [-0.25, -0.2) is 0 Å². The summed E-state index contributed by atoms with van der Waals surface area (Å²) in [4.78, 5) is 13.4. The lowest BCUT2D eigenvalue weighted by Crippen LogP contribution is -2.14. The molecular weight excluding hydrogens is 396 g/mol. The molecule has 0 radical (unpaired) electrons. The van der Waals surface area contributed by atoms with Gasteiger partial charge >= 0.3 is 5.97 Å². The van der Waals surface area contributed by atoms with Gasteiger partial charge in [0.2, 0.25) is 6.10 Å². The van der Waals surface area contributed by atoms with E-state index in [-0.39, 0.29) is 17.3 Å². The minimum absolute atomic E-state index is 0.0841. The molecule has 6 heteroatoms. The van der Waals surface area contributed by atoms with Gasteiger partial charge in [-0.05, 0) is 41.9 Å². The van der Waals surface area contributed by atoms with E-state index in [0.717, 1.165) is 0 Å². The molecule has 1 saturated carbocycles. The molecule has 3 rings (SSSR count). The van der Waals surface area contributed by atoms with E-state index in [1.54, 1.807) is 24.3 Å². The fourth-order valence-electron chi connectivity index (χ4n) is 3.48. The average Bonchev–Trinajstić information content (AvgIpc) is 3.30. The summed E-state index contributed by atoms with van der Waals surface area (Å²) in [5.74, 6) is 0.338. The van der Waals surface area contributed by atoms with Crippen molar-refractivity contribution in [1.82, 2.24) is 0 Å². The number of esters is 1. The zero-order valence-corrected chi connectivity index (χ0v) is 17.8. The van der Waals surface area contributed by atoms with E-state index >= 15 is 0 Å². The highest BCUT2D eigenvalue weighted by Gasteiger charge is 2.62. The number of hydrogen-bond donors (Lipinski definition) is 0. The van der Waals surface area contributed by atoms with Crippen molar-refractivity contribution in [2.24, 2.45) is 17.3 Å². The van der Waals surface area contributed by atoms with Crippen LogP contribution in [0.15, 0.2) is 65.6 Å². The molecule has 0 aliphatic heterocycles. The fraction of sp³-hybridized carbons (Fsp3) is 0.292. The Bertz CT molecular complexity index is 1030. The van der Waals surface area contributed by atoms with Crippen LogP contribution in [-0.4, -0.2) is 12.2 Å². The lowest BCUT2D eigenvalue weighted by molar-refractivity contribution is -0.149. The molecule has 0 spiro atoms. The molecule has 1 aliphatic rings. The Morgan fingerprint density at radius 2 is 1.83 bits per heavy atom. The van der Waals surface area contributed by atoms with E-state index in [2.05, 4.69) is 12.1 Å². The van der Waals surface area contributed by atoms with E-state index in [4.69, 9.17) is 14.7 Å². The normalized spacial score (nSPS) is 20.4. The highest BCUT2D eigenvalue weighted by Crippen LogP contribution is 2.60. The molecule has 1 unspecified atom stereocenters. The molecule has 0 N–H and O–H groups in total. The summed E-state index contributed by atoms with van der Waals surface area (Å²) < 4.78 is 11.4. The van der Waals surface area contributed by atoms with Crippen LogP contribution < -0.4 is 4.74 Å². The van der Waals surface area contributed by atoms with Crippen molar-refractivity contribution in [2.45, 2.75) is 20.0 Å². The summed E-state index contributed by atoms with van der Waals surface area (Å²) in [5.41, 5.74) is 0.236. The minimum Gasteiger partial charge on any atom is -0.457 e. The summed E-state index contributed by atoms with van der Waals surface area (Å²) in [6.45, 7) is 3.93. The number of carbonyl (C=O) groups is 1. The van der Waals surface area contributed by atoms with Crippen molar-refractivity contribution < 1.29 is 14.3 Å². The van der Waals surface area contributed by atoms with Gasteiger partial charge in [0.25, 0.3) is 0 Å². The Balaban J connectivity index is 1.72. The number of nitrogens with zero attached hydrogens (tertiary/aromatic N) is 2. The van der Waals surface area contributed by atoms with E-state index in [1.165, 1.54) is 11.8 Å².